The van der Waals surface area contributed by atoms with Crippen molar-refractivity contribution >= 4 is 5.97 Å². The number of benzene rings is 2. The van der Waals surface area contributed by atoms with Gasteiger partial charge in [0.25, 0.3) is 0 Å². The summed E-state index contributed by atoms with van der Waals surface area (Å²) >= 11 is 0. The Balaban J connectivity index is 1.83. The van der Waals surface area contributed by atoms with Crippen molar-refractivity contribution in [1.82, 2.24) is 0 Å². The number of aliphatic hydroxyl groups excluding tert-OH is 1. The molecule has 0 fully saturated rings. The van der Waals surface area contributed by atoms with Gasteiger partial charge in [0.1, 0.15) is 6.61 Å². The molecule has 2 aromatic carbocycles. The summed E-state index contributed by atoms with van der Waals surface area (Å²) in [7, 11) is 0. The number of carbonyl (C=O) groups is 1. The van der Waals surface area contributed by atoms with Crippen LogP contribution in [0.15, 0.2) is 54.6 Å². The number of hydrogen-bond donors (Lipinski definition) is 1. The number of rotatable bonds is 5. The van der Waals surface area contributed by atoms with E-state index >= 15 is 0 Å². The molecule has 1 N–H and O–H groups in total. The monoisotopic (exact) mass is 270 g/mol. The molecule has 0 aromatic heterocycles. The fourth-order valence-corrected chi connectivity index (χ4v) is 1.86. The van der Waals surface area contributed by atoms with Crippen molar-refractivity contribution in [3.8, 4) is 0 Å². The van der Waals surface area contributed by atoms with Gasteiger partial charge in [-0.05, 0) is 18.1 Å². The normalized spacial score (nSPS) is 11.9. The fraction of sp³-hybridized carbons (Fsp3) is 0.235. The van der Waals surface area contributed by atoms with Crippen LogP contribution >= 0.6 is 0 Å². The minimum absolute atomic E-state index is 0.185. The standard InChI is InChI=1S/C17H18O3/c1-13-7-9-15(10-8-13)12-20-17(19)16(18)11-14-5-3-2-4-6-14/h2-10,16,18H,11-12H2,1H3/t16-/m1/s1. The average Bonchev–Trinajstić information content (AvgIpc) is 2.47. The van der Waals surface area contributed by atoms with Crippen LogP contribution in [0.5, 0.6) is 0 Å². The van der Waals surface area contributed by atoms with Gasteiger partial charge in [-0.2, -0.15) is 0 Å². The molecular weight excluding hydrogens is 252 g/mol. The van der Waals surface area contributed by atoms with Gasteiger partial charge in [0.05, 0.1) is 0 Å². The number of ether oxygens (including phenoxy) is 1. The van der Waals surface area contributed by atoms with E-state index in [0.29, 0.717) is 0 Å². The molecule has 0 radical (unpaired) electrons. The van der Waals surface area contributed by atoms with Gasteiger partial charge in [-0.1, -0.05) is 60.2 Å². The first-order valence-corrected chi connectivity index (χ1v) is 6.59. The predicted molar refractivity (Wildman–Crippen MR) is 77.1 cm³/mol. The van der Waals surface area contributed by atoms with Gasteiger partial charge < -0.3 is 9.84 Å². The third-order valence-electron chi connectivity index (χ3n) is 3.05. The van der Waals surface area contributed by atoms with Gasteiger partial charge in [-0.25, -0.2) is 4.79 Å². The quantitative estimate of drug-likeness (QED) is 0.850. The molecule has 20 heavy (non-hydrogen) atoms. The largest absolute Gasteiger partial charge is 0.459 e. The molecular formula is C17H18O3. The van der Waals surface area contributed by atoms with Crippen molar-refractivity contribution in [1.29, 1.82) is 0 Å². The van der Waals surface area contributed by atoms with Gasteiger partial charge in [0.15, 0.2) is 6.10 Å². The number of aliphatic hydroxyl groups is 1. The molecule has 104 valence electrons. The molecule has 0 unspecified atom stereocenters. The molecule has 3 nitrogen and oxygen atoms in total. The Morgan fingerprint density at radius 1 is 1.05 bits per heavy atom. The van der Waals surface area contributed by atoms with Crippen molar-refractivity contribution in [2.45, 2.75) is 26.1 Å². The topological polar surface area (TPSA) is 46.5 Å². The summed E-state index contributed by atoms with van der Waals surface area (Å²) < 4.78 is 5.11. The van der Waals surface area contributed by atoms with Gasteiger partial charge in [0.2, 0.25) is 0 Å². The zero-order valence-corrected chi connectivity index (χ0v) is 11.5. The third kappa shape index (κ3) is 4.21. The SMILES string of the molecule is Cc1ccc(COC(=O)[C@H](O)Cc2ccccc2)cc1. The maximum Gasteiger partial charge on any atom is 0.335 e. The Labute approximate surface area is 118 Å². The summed E-state index contributed by atoms with van der Waals surface area (Å²) in [4.78, 5) is 11.7. The van der Waals surface area contributed by atoms with Crippen LogP contribution in [0.4, 0.5) is 0 Å². The van der Waals surface area contributed by atoms with E-state index in [4.69, 9.17) is 4.74 Å². The highest BCUT2D eigenvalue weighted by Gasteiger charge is 2.17. The van der Waals surface area contributed by atoms with Gasteiger partial charge in [-0.3, -0.25) is 0 Å². The number of aryl methyl sites for hydroxylation is 1. The van der Waals surface area contributed by atoms with Crippen LogP contribution in [0.25, 0.3) is 0 Å². The highest BCUT2D eigenvalue weighted by atomic mass is 16.5. The van der Waals surface area contributed by atoms with Crippen molar-refractivity contribution < 1.29 is 14.6 Å². The van der Waals surface area contributed by atoms with Gasteiger partial charge >= 0.3 is 5.97 Å². The summed E-state index contributed by atoms with van der Waals surface area (Å²) in [6, 6.07) is 17.1. The minimum atomic E-state index is -1.12. The van der Waals surface area contributed by atoms with E-state index in [2.05, 4.69) is 0 Å². The Morgan fingerprint density at radius 2 is 1.70 bits per heavy atom. The van der Waals surface area contributed by atoms with Crippen LogP contribution in [0, 0.1) is 6.92 Å². The van der Waals surface area contributed by atoms with Gasteiger partial charge in [-0.15, -0.1) is 0 Å². The van der Waals surface area contributed by atoms with Crippen molar-refractivity contribution in [3.05, 3.63) is 71.3 Å². The van der Waals surface area contributed by atoms with Crippen molar-refractivity contribution in [2.75, 3.05) is 0 Å². The fourth-order valence-electron chi connectivity index (χ4n) is 1.86. The number of hydrogen-bond acceptors (Lipinski definition) is 3. The molecule has 2 aromatic rings. The van der Waals surface area contributed by atoms with E-state index in [0.717, 1.165) is 16.7 Å². The third-order valence-corrected chi connectivity index (χ3v) is 3.05. The zero-order chi connectivity index (χ0) is 14.4. The molecule has 0 aliphatic rings. The molecule has 0 heterocycles. The van der Waals surface area contributed by atoms with Crippen LogP contribution in [0.3, 0.4) is 0 Å². The highest BCUT2D eigenvalue weighted by molar-refractivity contribution is 5.74. The first-order valence-electron chi connectivity index (χ1n) is 6.59. The smallest absolute Gasteiger partial charge is 0.335 e. The van der Waals surface area contributed by atoms with Crippen LogP contribution in [0.1, 0.15) is 16.7 Å². The lowest BCUT2D eigenvalue weighted by atomic mass is 10.1. The van der Waals surface area contributed by atoms with Crippen molar-refractivity contribution in [3.63, 3.8) is 0 Å². The summed E-state index contributed by atoms with van der Waals surface area (Å²) in [5.41, 5.74) is 2.98. The molecule has 2 rings (SSSR count). The van der Waals surface area contributed by atoms with Crippen LogP contribution in [0.2, 0.25) is 0 Å². The Kier molecular flexibility index (Phi) is 4.91. The van der Waals surface area contributed by atoms with E-state index in [1.807, 2.05) is 61.5 Å². The van der Waals surface area contributed by atoms with Crippen LogP contribution < -0.4 is 0 Å². The Bertz CT molecular complexity index is 546. The van der Waals surface area contributed by atoms with E-state index in [-0.39, 0.29) is 13.0 Å². The van der Waals surface area contributed by atoms with Crippen LogP contribution in [-0.2, 0) is 22.6 Å². The van der Waals surface area contributed by atoms with E-state index in [9.17, 15) is 9.90 Å². The summed E-state index contributed by atoms with van der Waals surface area (Å²) in [5, 5.41) is 9.82. The molecule has 0 saturated carbocycles. The van der Waals surface area contributed by atoms with E-state index in [1.54, 1.807) is 0 Å². The lowest BCUT2D eigenvalue weighted by molar-refractivity contribution is -0.154. The maximum absolute atomic E-state index is 11.7. The Morgan fingerprint density at radius 3 is 2.35 bits per heavy atom. The first kappa shape index (κ1) is 14.3. The molecule has 1 atom stereocenters. The second-order valence-corrected chi connectivity index (χ2v) is 4.80. The predicted octanol–water partition coefficient (Wildman–Crippen LogP) is 2.64. The van der Waals surface area contributed by atoms with E-state index < -0.39 is 12.1 Å². The zero-order valence-electron chi connectivity index (χ0n) is 11.5. The number of esters is 1. The minimum Gasteiger partial charge on any atom is -0.459 e. The summed E-state index contributed by atoms with van der Waals surface area (Å²) in [6.45, 7) is 2.18. The van der Waals surface area contributed by atoms with Gasteiger partial charge in [0, 0.05) is 6.42 Å². The Hall–Kier alpha value is -2.13. The molecule has 0 aliphatic heterocycles. The molecule has 3 heteroatoms. The maximum atomic E-state index is 11.7. The molecule has 0 amide bonds. The second kappa shape index (κ2) is 6.87. The average molecular weight is 270 g/mol. The number of carbonyl (C=O) groups excluding carboxylic acids is 1. The molecule has 0 spiro atoms. The molecule has 0 aliphatic carbocycles. The van der Waals surface area contributed by atoms with E-state index in [1.165, 1.54) is 0 Å². The molecule has 0 saturated heterocycles. The van der Waals surface area contributed by atoms with Crippen LogP contribution in [-0.4, -0.2) is 17.2 Å². The molecule has 0 bridgehead atoms. The lowest BCUT2D eigenvalue weighted by Gasteiger charge is -2.11. The lowest BCUT2D eigenvalue weighted by Crippen LogP contribution is -2.25. The summed E-state index contributed by atoms with van der Waals surface area (Å²) in [5.74, 6) is -0.588. The van der Waals surface area contributed by atoms with Crippen molar-refractivity contribution in [2.24, 2.45) is 0 Å². The first-order chi connectivity index (χ1) is 9.65. The second-order valence-electron chi connectivity index (χ2n) is 4.80. The highest BCUT2D eigenvalue weighted by Crippen LogP contribution is 2.08. The summed E-state index contributed by atoms with van der Waals surface area (Å²) in [6.07, 6.45) is -0.851.